The number of benzene rings is 9. The standard InChI is InChI=1S/C57H38N4/c58-52-32-28-41(40-27-31-50-51(34-40)56(38-16-5-2-6-17-38)47-22-10-7-19-44(47)54(50)37-14-3-1-4-15-37)35-53(52)61-60-43-29-25-39(26-30-43)55-45-20-8-11-23-48(45)57(42-18-13-33-59-36-42)49-24-12-9-21-46(49)55/h1-36,58,60H/b58-52?,61-53-. The molecule has 4 heteroatoms. The van der Waals surface area contributed by atoms with Crippen molar-refractivity contribution in [3.05, 3.63) is 224 Å². The Balaban J connectivity index is 0.964. The Morgan fingerprint density at radius 2 is 0.836 bits per heavy atom. The van der Waals surface area contributed by atoms with E-state index < -0.39 is 0 Å². The van der Waals surface area contributed by atoms with Gasteiger partial charge in [-0.2, -0.15) is 5.10 Å². The predicted octanol–water partition coefficient (Wildman–Crippen LogP) is 14.8. The average Bonchev–Trinajstić information content (AvgIpc) is 3.33. The molecular weight excluding hydrogens is 741 g/mol. The molecule has 1 aliphatic rings. The number of hydrogen-bond donors (Lipinski definition) is 2. The summed E-state index contributed by atoms with van der Waals surface area (Å²) in [7, 11) is 0. The molecule has 0 radical (unpaired) electrons. The molecule has 10 aromatic rings. The summed E-state index contributed by atoms with van der Waals surface area (Å²) in [4.78, 5) is 4.45. The van der Waals surface area contributed by atoms with Gasteiger partial charge in [0.1, 0.15) is 5.71 Å². The molecule has 61 heavy (non-hydrogen) atoms. The van der Waals surface area contributed by atoms with Gasteiger partial charge in [0.2, 0.25) is 0 Å². The number of nitrogens with one attached hydrogen (secondary N) is 2. The van der Waals surface area contributed by atoms with E-state index in [9.17, 15) is 0 Å². The number of rotatable bonds is 7. The van der Waals surface area contributed by atoms with Crippen LogP contribution in [0.25, 0.3) is 93.2 Å². The van der Waals surface area contributed by atoms with E-state index in [2.05, 4.69) is 192 Å². The summed E-state index contributed by atoms with van der Waals surface area (Å²) < 4.78 is 0. The molecule has 0 saturated carbocycles. The van der Waals surface area contributed by atoms with Gasteiger partial charge in [-0.3, -0.25) is 15.8 Å². The Morgan fingerprint density at radius 1 is 0.393 bits per heavy atom. The molecule has 0 unspecified atom stereocenters. The van der Waals surface area contributed by atoms with Gasteiger partial charge in [-0.1, -0.05) is 170 Å². The van der Waals surface area contributed by atoms with E-state index in [1.54, 1.807) is 0 Å². The third-order valence-corrected chi connectivity index (χ3v) is 11.8. The van der Waals surface area contributed by atoms with E-state index in [0.717, 1.165) is 28.0 Å². The first-order valence-corrected chi connectivity index (χ1v) is 20.6. The zero-order valence-corrected chi connectivity index (χ0v) is 33.2. The molecule has 1 aromatic heterocycles. The first kappa shape index (κ1) is 35.9. The molecule has 0 fully saturated rings. The predicted molar refractivity (Wildman–Crippen MR) is 258 cm³/mol. The van der Waals surface area contributed by atoms with E-state index in [-0.39, 0.29) is 0 Å². The molecule has 1 heterocycles. The fraction of sp³-hybridized carbons (Fsp3) is 0. The van der Waals surface area contributed by atoms with E-state index in [4.69, 9.17) is 10.5 Å². The molecule has 0 aliphatic heterocycles. The van der Waals surface area contributed by atoms with Crippen LogP contribution in [-0.4, -0.2) is 16.4 Å². The summed E-state index contributed by atoms with van der Waals surface area (Å²) in [6.07, 6.45) is 9.63. The monoisotopic (exact) mass is 778 g/mol. The van der Waals surface area contributed by atoms with Gasteiger partial charge in [-0.15, -0.1) is 0 Å². The quantitative estimate of drug-likeness (QED) is 0.0961. The molecule has 0 saturated heterocycles. The van der Waals surface area contributed by atoms with Crippen molar-refractivity contribution in [3.63, 3.8) is 0 Å². The third kappa shape index (κ3) is 6.39. The molecule has 0 amide bonds. The van der Waals surface area contributed by atoms with E-state index >= 15 is 0 Å². The second-order valence-electron chi connectivity index (χ2n) is 15.4. The Kier molecular flexibility index (Phi) is 8.94. The van der Waals surface area contributed by atoms with Gasteiger partial charge in [0.05, 0.1) is 11.4 Å². The minimum absolute atomic E-state index is 0.350. The molecule has 0 bridgehead atoms. The Labute approximate surface area is 354 Å². The highest BCUT2D eigenvalue weighted by molar-refractivity contribution is 6.51. The van der Waals surface area contributed by atoms with Crippen LogP contribution in [0.5, 0.6) is 0 Å². The smallest absolute Gasteiger partial charge is 0.109 e. The summed E-state index contributed by atoms with van der Waals surface area (Å²) in [5, 5.41) is 23.2. The minimum atomic E-state index is 0.350. The van der Waals surface area contributed by atoms with Gasteiger partial charge < -0.3 is 0 Å². The number of pyridine rings is 1. The lowest BCUT2D eigenvalue weighted by atomic mass is 9.84. The summed E-state index contributed by atoms with van der Waals surface area (Å²) in [5.74, 6) is 0. The minimum Gasteiger partial charge on any atom is -0.299 e. The molecule has 11 rings (SSSR count). The Morgan fingerprint density at radius 3 is 1.36 bits per heavy atom. The van der Waals surface area contributed by atoms with Gasteiger partial charge >= 0.3 is 0 Å². The van der Waals surface area contributed by atoms with Gasteiger partial charge in [0.15, 0.2) is 0 Å². The van der Waals surface area contributed by atoms with Crippen molar-refractivity contribution in [2.24, 2.45) is 5.10 Å². The summed E-state index contributed by atoms with van der Waals surface area (Å²) in [5.41, 5.74) is 16.5. The normalized spacial score (nSPS) is 13.3. The van der Waals surface area contributed by atoms with Gasteiger partial charge in [0, 0.05) is 18.0 Å². The maximum absolute atomic E-state index is 8.83. The van der Waals surface area contributed by atoms with Crippen molar-refractivity contribution in [2.45, 2.75) is 0 Å². The molecule has 1 aliphatic carbocycles. The van der Waals surface area contributed by atoms with Crippen LogP contribution in [0.15, 0.2) is 224 Å². The maximum Gasteiger partial charge on any atom is 0.109 e. The first-order chi connectivity index (χ1) is 30.2. The average molecular weight is 779 g/mol. The van der Waals surface area contributed by atoms with Gasteiger partial charge in [0.25, 0.3) is 0 Å². The van der Waals surface area contributed by atoms with Crippen molar-refractivity contribution >= 4 is 65.8 Å². The second-order valence-corrected chi connectivity index (χ2v) is 15.4. The highest BCUT2D eigenvalue weighted by Gasteiger charge is 2.20. The first-order valence-electron chi connectivity index (χ1n) is 20.6. The number of nitrogens with zero attached hydrogens (tertiary/aromatic N) is 2. The van der Waals surface area contributed by atoms with Gasteiger partial charge in [-0.05, 0) is 130 Å². The lowest BCUT2D eigenvalue weighted by Crippen LogP contribution is -2.13. The number of allylic oxidation sites excluding steroid dienone is 4. The number of anilines is 1. The summed E-state index contributed by atoms with van der Waals surface area (Å²) in [6, 6.07) is 66.7. The fourth-order valence-electron chi connectivity index (χ4n) is 9.09. The zero-order valence-electron chi connectivity index (χ0n) is 33.2. The SMILES string of the molecule is N=C1C=CC(c2ccc3c(-c4ccccc4)c4ccccc4c(-c4ccccc4)c3c2)=C/C1=N/Nc1ccc(-c2c3ccccc3c(-c3cccnc3)c3ccccc23)cc1. The van der Waals surface area contributed by atoms with Crippen molar-refractivity contribution in [1.82, 2.24) is 4.98 Å². The van der Waals surface area contributed by atoms with Crippen LogP contribution in [0.3, 0.4) is 0 Å². The number of hydrazone groups is 1. The molecule has 9 aromatic carbocycles. The van der Waals surface area contributed by atoms with Crippen LogP contribution in [0.1, 0.15) is 5.56 Å². The molecule has 0 atom stereocenters. The van der Waals surface area contributed by atoms with Crippen LogP contribution in [0, 0.1) is 5.41 Å². The van der Waals surface area contributed by atoms with Crippen LogP contribution in [-0.2, 0) is 0 Å². The van der Waals surface area contributed by atoms with Crippen molar-refractivity contribution in [3.8, 4) is 44.5 Å². The zero-order chi connectivity index (χ0) is 40.7. The van der Waals surface area contributed by atoms with Crippen molar-refractivity contribution < 1.29 is 0 Å². The lowest BCUT2D eigenvalue weighted by molar-refractivity contribution is 1.33. The fourth-order valence-corrected chi connectivity index (χ4v) is 9.09. The lowest BCUT2D eigenvalue weighted by Gasteiger charge is -2.19. The van der Waals surface area contributed by atoms with E-state index in [0.29, 0.717) is 11.4 Å². The highest BCUT2D eigenvalue weighted by Crippen LogP contribution is 2.46. The Bertz CT molecular complexity index is 3360. The molecule has 2 N–H and O–H groups in total. The van der Waals surface area contributed by atoms with Crippen LogP contribution in [0.2, 0.25) is 0 Å². The topological polar surface area (TPSA) is 61.1 Å². The third-order valence-electron chi connectivity index (χ3n) is 11.8. The van der Waals surface area contributed by atoms with Crippen molar-refractivity contribution in [2.75, 3.05) is 5.43 Å². The summed E-state index contributed by atoms with van der Waals surface area (Å²) >= 11 is 0. The largest absolute Gasteiger partial charge is 0.299 e. The molecule has 0 spiro atoms. The van der Waals surface area contributed by atoms with E-state index in [1.807, 2.05) is 36.7 Å². The van der Waals surface area contributed by atoms with Crippen LogP contribution >= 0.6 is 0 Å². The Hall–Kier alpha value is -8.21. The molecular formula is C57H38N4. The van der Waals surface area contributed by atoms with Crippen LogP contribution < -0.4 is 5.43 Å². The van der Waals surface area contributed by atoms with Crippen LogP contribution in [0.4, 0.5) is 5.69 Å². The number of fused-ring (bicyclic) bond motifs is 4. The molecule has 4 nitrogen and oxygen atoms in total. The number of aromatic nitrogens is 1. The maximum atomic E-state index is 8.83. The van der Waals surface area contributed by atoms with E-state index in [1.165, 1.54) is 76.5 Å². The molecule has 286 valence electrons. The number of hydrogen-bond acceptors (Lipinski definition) is 4. The second kappa shape index (κ2) is 15.2. The highest BCUT2D eigenvalue weighted by atomic mass is 15.3. The van der Waals surface area contributed by atoms with Gasteiger partial charge in [-0.25, -0.2) is 0 Å². The van der Waals surface area contributed by atoms with Crippen molar-refractivity contribution in [1.29, 1.82) is 5.41 Å². The summed E-state index contributed by atoms with van der Waals surface area (Å²) in [6.45, 7) is 0.